The van der Waals surface area contributed by atoms with Gasteiger partial charge in [0.15, 0.2) is 5.11 Å². The highest BCUT2D eigenvalue weighted by atomic mass is 35.5. The van der Waals surface area contributed by atoms with E-state index >= 15 is 0 Å². The van der Waals surface area contributed by atoms with Gasteiger partial charge >= 0.3 is 6.18 Å². The van der Waals surface area contributed by atoms with E-state index in [9.17, 15) is 13.2 Å². The zero-order valence-electron chi connectivity index (χ0n) is 16.6. The van der Waals surface area contributed by atoms with Crippen LogP contribution < -0.4 is 5.32 Å². The molecule has 11 heteroatoms. The number of aryl methyl sites for hydroxylation is 2. The first-order valence-corrected chi connectivity index (χ1v) is 10.6. The molecule has 1 N–H and O–H groups in total. The van der Waals surface area contributed by atoms with Crippen molar-refractivity contribution < 1.29 is 13.2 Å². The van der Waals surface area contributed by atoms with Gasteiger partial charge in [-0.15, -0.1) is 0 Å². The summed E-state index contributed by atoms with van der Waals surface area (Å²) in [6.07, 6.45) is -3.59. The van der Waals surface area contributed by atoms with Crippen molar-refractivity contribution in [2.24, 2.45) is 7.05 Å². The smallest absolute Gasteiger partial charge is 0.348 e. The summed E-state index contributed by atoms with van der Waals surface area (Å²) < 4.78 is 40.6. The molecule has 3 rings (SSSR count). The van der Waals surface area contributed by atoms with Gasteiger partial charge < -0.3 is 10.2 Å². The van der Waals surface area contributed by atoms with Crippen LogP contribution in [0.1, 0.15) is 23.2 Å². The van der Waals surface area contributed by atoms with E-state index in [0.29, 0.717) is 29.9 Å². The van der Waals surface area contributed by atoms with Gasteiger partial charge in [-0.3, -0.25) is 9.58 Å². The van der Waals surface area contributed by atoms with Crippen molar-refractivity contribution in [3.8, 4) is 0 Å². The first-order valence-electron chi connectivity index (χ1n) is 9.39. The maximum Gasteiger partial charge on any atom is 0.416 e. The molecule has 1 aromatic carbocycles. The standard InChI is InChI=1S/C19H22Cl2F3N5S/c1-12-14(17(21)27(2)26-12)11-28-6-3-7-29(9-8-28)18(30)25-16-10-13(19(22,23)24)4-5-15(16)20/h4-5,10H,3,6-9,11H2,1-2H3,(H,25,30). The van der Waals surface area contributed by atoms with E-state index in [4.69, 9.17) is 35.4 Å². The third-order valence-corrected chi connectivity index (χ3v) is 6.23. The Morgan fingerprint density at radius 1 is 1.20 bits per heavy atom. The maximum absolute atomic E-state index is 13.0. The lowest BCUT2D eigenvalue weighted by molar-refractivity contribution is -0.137. The van der Waals surface area contributed by atoms with Crippen LogP contribution in [0.25, 0.3) is 0 Å². The van der Waals surface area contributed by atoms with Gasteiger partial charge in [0.05, 0.1) is 22.0 Å². The topological polar surface area (TPSA) is 36.3 Å². The fourth-order valence-electron chi connectivity index (χ4n) is 3.40. The van der Waals surface area contributed by atoms with E-state index in [1.54, 1.807) is 4.68 Å². The zero-order chi connectivity index (χ0) is 22.1. The van der Waals surface area contributed by atoms with E-state index < -0.39 is 11.7 Å². The largest absolute Gasteiger partial charge is 0.416 e. The Hall–Kier alpha value is -1.55. The number of nitrogens with one attached hydrogen (secondary N) is 1. The van der Waals surface area contributed by atoms with Gasteiger partial charge in [-0.25, -0.2) is 0 Å². The second-order valence-corrected chi connectivity index (χ2v) is 8.37. The summed E-state index contributed by atoms with van der Waals surface area (Å²) in [6, 6.07) is 3.15. The summed E-state index contributed by atoms with van der Waals surface area (Å²) in [5, 5.41) is 8.39. The number of alkyl halides is 3. The molecule has 5 nitrogen and oxygen atoms in total. The second-order valence-electron chi connectivity index (χ2n) is 7.22. The molecule has 0 radical (unpaired) electrons. The molecule has 164 valence electrons. The van der Waals surface area contributed by atoms with Gasteiger partial charge in [0.2, 0.25) is 0 Å². The summed E-state index contributed by atoms with van der Waals surface area (Å²) in [5.74, 6) is 0. The Balaban J connectivity index is 1.63. The molecule has 1 aliphatic heterocycles. The predicted molar refractivity (Wildman–Crippen MR) is 117 cm³/mol. The summed E-state index contributed by atoms with van der Waals surface area (Å²) in [5.41, 5.74) is 1.28. The van der Waals surface area contributed by atoms with Crippen LogP contribution in [0.3, 0.4) is 0 Å². The lowest BCUT2D eigenvalue weighted by atomic mass is 10.2. The minimum atomic E-state index is -4.45. The molecule has 0 aliphatic carbocycles. The Labute approximate surface area is 188 Å². The molecule has 1 aromatic heterocycles. The fourth-order valence-corrected chi connectivity index (χ4v) is 4.09. The van der Waals surface area contributed by atoms with Crippen molar-refractivity contribution in [3.05, 3.63) is 45.2 Å². The monoisotopic (exact) mass is 479 g/mol. The third-order valence-electron chi connectivity index (χ3n) is 5.06. The number of aromatic nitrogens is 2. The average Bonchev–Trinajstić information content (AvgIpc) is 2.84. The predicted octanol–water partition coefficient (Wildman–Crippen LogP) is 4.96. The highest BCUT2D eigenvalue weighted by Gasteiger charge is 2.31. The number of hydrogen-bond donors (Lipinski definition) is 1. The van der Waals surface area contributed by atoms with Crippen molar-refractivity contribution >= 4 is 46.2 Å². The molecule has 0 amide bonds. The lowest BCUT2D eigenvalue weighted by Gasteiger charge is -2.25. The van der Waals surface area contributed by atoms with Gasteiger partial charge in [-0.1, -0.05) is 23.2 Å². The highest BCUT2D eigenvalue weighted by Crippen LogP contribution is 2.34. The molecule has 2 heterocycles. The summed E-state index contributed by atoms with van der Waals surface area (Å²) in [4.78, 5) is 4.22. The van der Waals surface area contributed by atoms with E-state index in [1.165, 1.54) is 6.07 Å². The normalized spacial score (nSPS) is 15.9. The van der Waals surface area contributed by atoms with Gasteiger partial charge in [0, 0.05) is 45.3 Å². The zero-order valence-corrected chi connectivity index (χ0v) is 18.9. The maximum atomic E-state index is 13.0. The molecule has 0 atom stereocenters. The van der Waals surface area contributed by atoms with Crippen molar-refractivity contribution in [1.82, 2.24) is 19.6 Å². The fraction of sp³-hybridized carbons (Fsp3) is 0.474. The molecule has 0 spiro atoms. The van der Waals surface area contributed by atoms with Crippen LogP contribution >= 0.6 is 35.4 Å². The van der Waals surface area contributed by atoms with Crippen molar-refractivity contribution in [2.75, 3.05) is 31.5 Å². The molecule has 0 saturated carbocycles. The summed E-state index contributed by atoms with van der Waals surface area (Å²) in [7, 11) is 1.81. The quantitative estimate of drug-likeness (QED) is 0.629. The van der Waals surface area contributed by atoms with Crippen LogP contribution in [-0.2, 0) is 19.8 Å². The minimum absolute atomic E-state index is 0.148. The second kappa shape index (κ2) is 9.30. The van der Waals surface area contributed by atoms with E-state index in [0.717, 1.165) is 42.9 Å². The molecular formula is C19H22Cl2F3N5S. The van der Waals surface area contributed by atoms with Crippen LogP contribution in [0.15, 0.2) is 18.2 Å². The number of hydrogen-bond acceptors (Lipinski definition) is 3. The van der Waals surface area contributed by atoms with E-state index in [2.05, 4.69) is 15.3 Å². The molecule has 0 unspecified atom stereocenters. The number of rotatable bonds is 3. The molecule has 1 aliphatic rings. The molecule has 2 aromatic rings. The minimum Gasteiger partial charge on any atom is -0.348 e. The molecule has 0 bridgehead atoms. The third kappa shape index (κ3) is 5.38. The first kappa shape index (κ1) is 23.1. The van der Waals surface area contributed by atoms with Crippen LogP contribution in [-0.4, -0.2) is 50.9 Å². The molecule has 30 heavy (non-hydrogen) atoms. The van der Waals surface area contributed by atoms with Gasteiger partial charge in [0.1, 0.15) is 5.15 Å². The van der Waals surface area contributed by atoms with E-state index in [-0.39, 0.29) is 10.7 Å². The molecule has 1 saturated heterocycles. The highest BCUT2D eigenvalue weighted by molar-refractivity contribution is 7.80. The number of halogens is 5. The average molecular weight is 480 g/mol. The summed E-state index contributed by atoms with van der Waals surface area (Å²) >= 11 is 17.9. The van der Waals surface area contributed by atoms with Gasteiger partial charge in [-0.2, -0.15) is 18.3 Å². The van der Waals surface area contributed by atoms with Crippen molar-refractivity contribution in [3.63, 3.8) is 0 Å². The Bertz CT molecular complexity index is 932. The Morgan fingerprint density at radius 3 is 2.57 bits per heavy atom. The van der Waals surface area contributed by atoms with Crippen molar-refractivity contribution in [1.29, 1.82) is 0 Å². The van der Waals surface area contributed by atoms with Crippen LogP contribution in [0.5, 0.6) is 0 Å². The SMILES string of the molecule is Cc1nn(C)c(Cl)c1CN1CCCN(C(=S)Nc2cc(C(F)(F)F)ccc2Cl)CC1. The summed E-state index contributed by atoms with van der Waals surface area (Å²) in [6.45, 7) is 5.55. The van der Waals surface area contributed by atoms with Crippen LogP contribution in [0, 0.1) is 6.92 Å². The molecular weight excluding hydrogens is 458 g/mol. The first-order chi connectivity index (χ1) is 14.1. The Kier molecular flexibility index (Phi) is 7.16. The van der Waals surface area contributed by atoms with Crippen LogP contribution in [0.4, 0.5) is 18.9 Å². The number of thiocarbonyl (C=S) groups is 1. The van der Waals surface area contributed by atoms with E-state index in [1.807, 2.05) is 18.9 Å². The van der Waals surface area contributed by atoms with Crippen LogP contribution in [0.2, 0.25) is 10.2 Å². The number of anilines is 1. The van der Waals surface area contributed by atoms with Gasteiger partial charge in [0.25, 0.3) is 0 Å². The Morgan fingerprint density at radius 2 is 1.93 bits per heavy atom. The number of benzene rings is 1. The number of nitrogens with zero attached hydrogens (tertiary/aromatic N) is 4. The molecule has 1 fully saturated rings. The van der Waals surface area contributed by atoms with Crippen molar-refractivity contribution in [2.45, 2.75) is 26.1 Å². The lowest BCUT2D eigenvalue weighted by Crippen LogP contribution is -2.38. The van der Waals surface area contributed by atoms with Gasteiger partial charge in [-0.05, 0) is 43.8 Å².